The SMILES string of the molecule is CCc1cc(CC)c(NCC(O)COc2ccc(Cc3ccc(OCC4CO4)cc3)cc2)c(C)c1N. The molecule has 1 saturated heterocycles. The Balaban J connectivity index is 1.24. The number of benzene rings is 3. The van der Waals surface area contributed by atoms with Crippen molar-refractivity contribution in [2.75, 3.05) is 37.4 Å². The van der Waals surface area contributed by atoms with Crippen LogP contribution in [0.5, 0.6) is 11.5 Å². The minimum atomic E-state index is -0.645. The van der Waals surface area contributed by atoms with Gasteiger partial charge in [-0.05, 0) is 78.3 Å². The van der Waals surface area contributed by atoms with E-state index in [9.17, 15) is 5.11 Å². The van der Waals surface area contributed by atoms with Crippen LogP contribution < -0.4 is 20.5 Å². The number of nitrogens with two attached hydrogens (primary N) is 1. The van der Waals surface area contributed by atoms with Crippen LogP contribution in [0.4, 0.5) is 11.4 Å². The lowest BCUT2D eigenvalue weighted by Crippen LogP contribution is -2.27. The Hall–Kier alpha value is -3.22. The maximum Gasteiger partial charge on any atom is 0.119 e. The number of hydrogen-bond donors (Lipinski definition) is 3. The first kappa shape index (κ1) is 25.9. The van der Waals surface area contributed by atoms with E-state index in [2.05, 4.69) is 49.5 Å². The van der Waals surface area contributed by atoms with Crippen molar-refractivity contribution in [1.29, 1.82) is 0 Å². The van der Waals surface area contributed by atoms with Gasteiger partial charge in [0, 0.05) is 17.9 Å². The van der Waals surface area contributed by atoms with Gasteiger partial charge in [0.05, 0.1) is 6.61 Å². The van der Waals surface area contributed by atoms with E-state index in [1.165, 1.54) is 22.3 Å². The van der Waals surface area contributed by atoms with Crippen LogP contribution in [-0.4, -0.2) is 43.7 Å². The summed E-state index contributed by atoms with van der Waals surface area (Å²) in [7, 11) is 0. The van der Waals surface area contributed by atoms with Gasteiger partial charge in [0.2, 0.25) is 0 Å². The van der Waals surface area contributed by atoms with E-state index in [-0.39, 0.29) is 12.7 Å². The lowest BCUT2D eigenvalue weighted by Gasteiger charge is -2.20. The molecule has 0 radical (unpaired) electrons. The zero-order valence-corrected chi connectivity index (χ0v) is 21.5. The number of epoxide rings is 1. The molecule has 4 rings (SSSR count). The first-order valence-electron chi connectivity index (χ1n) is 12.8. The van der Waals surface area contributed by atoms with Crippen molar-refractivity contribution >= 4 is 11.4 Å². The normalized spacial score (nSPS) is 15.4. The molecule has 0 bridgehead atoms. The number of aryl methyl sites for hydroxylation is 2. The highest BCUT2D eigenvalue weighted by Gasteiger charge is 2.23. The van der Waals surface area contributed by atoms with Gasteiger partial charge < -0.3 is 30.4 Å². The molecule has 0 spiro atoms. The van der Waals surface area contributed by atoms with E-state index >= 15 is 0 Å². The van der Waals surface area contributed by atoms with Gasteiger partial charge in [-0.3, -0.25) is 0 Å². The van der Waals surface area contributed by atoms with Gasteiger partial charge in [0.25, 0.3) is 0 Å². The summed E-state index contributed by atoms with van der Waals surface area (Å²) in [5.41, 5.74) is 14.0. The molecule has 3 aromatic carbocycles. The molecule has 1 aliphatic rings. The maximum atomic E-state index is 10.5. The molecule has 2 atom stereocenters. The van der Waals surface area contributed by atoms with Crippen LogP contribution >= 0.6 is 0 Å². The number of anilines is 2. The van der Waals surface area contributed by atoms with Gasteiger partial charge in [0.1, 0.15) is 36.9 Å². The summed E-state index contributed by atoms with van der Waals surface area (Å²) in [6.07, 6.45) is 2.26. The first-order chi connectivity index (χ1) is 17.5. The zero-order valence-electron chi connectivity index (χ0n) is 21.5. The average Bonchev–Trinajstić information content (AvgIpc) is 3.73. The van der Waals surface area contributed by atoms with Crippen LogP contribution in [0, 0.1) is 6.92 Å². The predicted molar refractivity (Wildman–Crippen MR) is 145 cm³/mol. The van der Waals surface area contributed by atoms with Crippen molar-refractivity contribution in [3.63, 3.8) is 0 Å². The fraction of sp³-hybridized carbons (Fsp3) is 0.400. The minimum Gasteiger partial charge on any atom is -0.491 e. The molecule has 0 saturated carbocycles. The summed E-state index contributed by atoms with van der Waals surface area (Å²) in [4.78, 5) is 0. The van der Waals surface area contributed by atoms with Crippen molar-refractivity contribution in [1.82, 2.24) is 0 Å². The van der Waals surface area contributed by atoms with E-state index in [1.807, 2.05) is 31.2 Å². The third kappa shape index (κ3) is 6.93. The summed E-state index contributed by atoms with van der Waals surface area (Å²) in [5, 5.41) is 13.9. The molecule has 192 valence electrons. The molecule has 0 amide bonds. The van der Waals surface area contributed by atoms with Gasteiger partial charge >= 0.3 is 0 Å². The van der Waals surface area contributed by atoms with E-state index in [1.54, 1.807) is 0 Å². The number of nitrogen functional groups attached to an aromatic ring is 1. The predicted octanol–water partition coefficient (Wildman–Crippen LogP) is 4.92. The van der Waals surface area contributed by atoms with Crippen molar-refractivity contribution in [3.05, 3.63) is 82.4 Å². The Morgan fingerprint density at radius 1 is 0.972 bits per heavy atom. The minimum absolute atomic E-state index is 0.211. The van der Waals surface area contributed by atoms with Crippen molar-refractivity contribution in [2.24, 2.45) is 0 Å². The molecule has 0 aliphatic carbocycles. The van der Waals surface area contributed by atoms with Crippen LogP contribution in [0.2, 0.25) is 0 Å². The van der Waals surface area contributed by atoms with Gasteiger partial charge in [-0.25, -0.2) is 0 Å². The number of rotatable bonds is 13. The Bertz CT molecular complexity index is 1130. The molecule has 36 heavy (non-hydrogen) atoms. The zero-order chi connectivity index (χ0) is 25.5. The number of ether oxygens (including phenoxy) is 3. The van der Waals surface area contributed by atoms with Crippen LogP contribution in [-0.2, 0) is 24.0 Å². The highest BCUT2D eigenvalue weighted by molar-refractivity contribution is 5.70. The molecule has 4 N–H and O–H groups in total. The Morgan fingerprint density at radius 2 is 1.56 bits per heavy atom. The highest BCUT2D eigenvalue weighted by Crippen LogP contribution is 2.30. The lowest BCUT2D eigenvalue weighted by molar-refractivity contribution is 0.117. The summed E-state index contributed by atoms with van der Waals surface area (Å²) in [6, 6.07) is 18.4. The highest BCUT2D eigenvalue weighted by atomic mass is 16.6. The molecule has 6 heteroatoms. The van der Waals surface area contributed by atoms with E-state index in [0.717, 1.165) is 54.3 Å². The van der Waals surface area contributed by atoms with Crippen molar-refractivity contribution < 1.29 is 19.3 Å². The van der Waals surface area contributed by atoms with Gasteiger partial charge in [-0.15, -0.1) is 0 Å². The number of hydrogen-bond acceptors (Lipinski definition) is 6. The monoisotopic (exact) mass is 490 g/mol. The van der Waals surface area contributed by atoms with E-state index < -0.39 is 6.10 Å². The van der Waals surface area contributed by atoms with E-state index in [0.29, 0.717) is 13.2 Å². The Labute approximate surface area is 214 Å². The van der Waals surface area contributed by atoms with Crippen molar-refractivity contribution in [3.8, 4) is 11.5 Å². The quantitative estimate of drug-likeness (QED) is 0.233. The summed E-state index contributed by atoms with van der Waals surface area (Å²) >= 11 is 0. The molecule has 2 unspecified atom stereocenters. The van der Waals surface area contributed by atoms with Gasteiger partial charge in [-0.2, -0.15) is 0 Å². The largest absolute Gasteiger partial charge is 0.491 e. The average molecular weight is 491 g/mol. The molecular weight excluding hydrogens is 452 g/mol. The fourth-order valence-corrected chi connectivity index (χ4v) is 4.26. The first-order valence-corrected chi connectivity index (χ1v) is 12.8. The van der Waals surface area contributed by atoms with Crippen LogP contribution in [0.15, 0.2) is 54.6 Å². The second-order valence-corrected chi connectivity index (χ2v) is 9.39. The number of nitrogens with one attached hydrogen (secondary N) is 1. The summed E-state index contributed by atoms with van der Waals surface area (Å²) in [6.45, 7) is 8.31. The molecular formula is C30H38N2O4. The third-order valence-corrected chi connectivity index (χ3v) is 6.61. The summed E-state index contributed by atoms with van der Waals surface area (Å²) < 4.78 is 16.7. The molecule has 3 aromatic rings. The van der Waals surface area contributed by atoms with Gasteiger partial charge in [-0.1, -0.05) is 44.2 Å². The Morgan fingerprint density at radius 3 is 2.11 bits per heavy atom. The second-order valence-electron chi connectivity index (χ2n) is 9.39. The van der Waals surface area contributed by atoms with E-state index in [4.69, 9.17) is 19.9 Å². The van der Waals surface area contributed by atoms with Crippen molar-refractivity contribution in [2.45, 2.75) is 52.2 Å². The smallest absolute Gasteiger partial charge is 0.119 e. The standard InChI is InChI=1S/C30H38N2O4/c1-4-23-15-24(5-2)30(20(3)29(23)31)32-16-25(33)17-34-26-10-6-21(7-11-26)14-22-8-12-27(13-9-22)35-18-28-19-36-28/h6-13,15,25,28,32-33H,4-5,14,16-19,31H2,1-3H3. The molecule has 1 heterocycles. The second kappa shape index (κ2) is 12.2. The number of aliphatic hydroxyl groups is 1. The number of aliphatic hydroxyl groups excluding tert-OH is 1. The Kier molecular flexibility index (Phi) is 8.73. The lowest BCUT2D eigenvalue weighted by atomic mass is 9.97. The molecule has 1 aliphatic heterocycles. The topological polar surface area (TPSA) is 89.3 Å². The van der Waals surface area contributed by atoms with Crippen LogP contribution in [0.25, 0.3) is 0 Å². The van der Waals surface area contributed by atoms with Crippen LogP contribution in [0.3, 0.4) is 0 Å². The molecule has 0 aromatic heterocycles. The van der Waals surface area contributed by atoms with Gasteiger partial charge in [0.15, 0.2) is 0 Å². The molecule has 1 fully saturated rings. The van der Waals surface area contributed by atoms with Crippen LogP contribution in [0.1, 0.15) is 41.7 Å². The fourth-order valence-electron chi connectivity index (χ4n) is 4.26. The molecule has 6 nitrogen and oxygen atoms in total. The maximum absolute atomic E-state index is 10.5. The summed E-state index contributed by atoms with van der Waals surface area (Å²) in [5.74, 6) is 1.61. The third-order valence-electron chi connectivity index (χ3n) is 6.61.